The van der Waals surface area contributed by atoms with Gasteiger partial charge in [-0.15, -0.1) is 24.8 Å². The van der Waals surface area contributed by atoms with Crippen molar-refractivity contribution < 1.29 is 9.53 Å². The van der Waals surface area contributed by atoms with Crippen molar-refractivity contribution in [1.82, 2.24) is 9.88 Å². The summed E-state index contributed by atoms with van der Waals surface area (Å²) in [6, 6.07) is 38.0. The monoisotopic (exact) mass is 573 g/mol. The van der Waals surface area contributed by atoms with Crippen molar-refractivity contribution in [3.05, 3.63) is 132 Å². The zero-order valence-electron chi connectivity index (χ0n) is 22.2. The number of piperidine rings is 1. The maximum Gasteiger partial charge on any atom is 0.323 e. The number of halogens is 2. The number of carbonyl (C=O) groups excluding carboxylic acids is 1. The smallest absolute Gasteiger partial charge is 0.323 e. The molecule has 0 N–H and O–H groups in total. The second-order valence-electron chi connectivity index (χ2n) is 9.85. The number of aromatic nitrogens is 1. The summed E-state index contributed by atoms with van der Waals surface area (Å²) in [7, 11) is 0. The Balaban J connectivity index is 0.00000220. The van der Waals surface area contributed by atoms with Gasteiger partial charge in [-0.25, -0.2) is 4.98 Å². The lowest BCUT2D eigenvalue weighted by atomic mass is 9.71. The van der Waals surface area contributed by atoms with Crippen LogP contribution in [0.4, 0.5) is 0 Å². The van der Waals surface area contributed by atoms with Gasteiger partial charge in [0.1, 0.15) is 5.41 Å². The average Bonchev–Trinajstić information content (AvgIpc) is 3.00. The zero-order valence-corrected chi connectivity index (χ0v) is 23.8. The van der Waals surface area contributed by atoms with Crippen molar-refractivity contribution in [3.8, 4) is 11.9 Å². The lowest BCUT2D eigenvalue weighted by Gasteiger charge is -2.41. The number of hydrogen-bond acceptors (Lipinski definition) is 5. The lowest BCUT2D eigenvalue weighted by molar-refractivity contribution is -0.143. The van der Waals surface area contributed by atoms with Gasteiger partial charge >= 0.3 is 5.97 Å². The number of carbonyl (C=O) groups is 1. The predicted octanol–water partition coefficient (Wildman–Crippen LogP) is 6.76. The van der Waals surface area contributed by atoms with Gasteiger partial charge in [0, 0.05) is 18.8 Å². The highest BCUT2D eigenvalue weighted by molar-refractivity contribution is 5.86. The van der Waals surface area contributed by atoms with E-state index in [2.05, 4.69) is 16.0 Å². The van der Waals surface area contributed by atoms with Crippen LogP contribution in [0.2, 0.25) is 0 Å². The van der Waals surface area contributed by atoms with E-state index < -0.39 is 10.8 Å². The molecule has 5 nitrogen and oxygen atoms in total. The summed E-state index contributed by atoms with van der Waals surface area (Å²) < 4.78 is 5.78. The quantitative estimate of drug-likeness (QED) is 0.218. The number of esters is 1. The second kappa shape index (κ2) is 14.1. The van der Waals surface area contributed by atoms with Gasteiger partial charge in [-0.1, -0.05) is 97.1 Å². The van der Waals surface area contributed by atoms with E-state index >= 15 is 0 Å². The highest BCUT2D eigenvalue weighted by atomic mass is 35.5. The van der Waals surface area contributed by atoms with Gasteiger partial charge < -0.3 is 9.64 Å². The Morgan fingerprint density at radius 2 is 1.35 bits per heavy atom. The first-order valence-electron chi connectivity index (χ1n) is 13.1. The Labute approximate surface area is 248 Å². The Morgan fingerprint density at radius 1 is 0.825 bits per heavy atom. The van der Waals surface area contributed by atoms with Crippen molar-refractivity contribution in [1.29, 1.82) is 5.26 Å². The van der Waals surface area contributed by atoms with E-state index in [1.165, 1.54) is 0 Å². The molecule has 7 heteroatoms. The number of nitriles is 1. The average molecular weight is 575 g/mol. The number of pyridine rings is 1. The molecule has 1 fully saturated rings. The SMILES string of the molecule is Cl.Cl.N#CC(CCN1CCC(C(=O)Oc2ccccn2)(c2ccccc2)CC1)(c1ccccc1)c1ccccc1. The molecule has 1 aliphatic heterocycles. The first-order valence-corrected chi connectivity index (χ1v) is 13.1. The molecule has 0 spiro atoms. The highest BCUT2D eigenvalue weighted by Crippen LogP contribution is 2.39. The Kier molecular flexibility index (Phi) is 10.9. The third-order valence-corrected chi connectivity index (χ3v) is 7.79. The summed E-state index contributed by atoms with van der Waals surface area (Å²) in [6.45, 7) is 2.21. The summed E-state index contributed by atoms with van der Waals surface area (Å²) in [5, 5.41) is 10.5. The molecule has 1 aliphatic rings. The van der Waals surface area contributed by atoms with Crippen molar-refractivity contribution in [2.24, 2.45) is 0 Å². The van der Waals surface area contributed by atoms with Crippen LogP contribution < -0.4 is 4.74 Å². The molecule has 40 heavy (non-hydrogen) atoms. The number of benzene rings is 3. The van der Waals surface area contributed by atoms with Crippen LogP contribution in [0.1, 0.15) is 36.0 Å². The molecule has 1 saturated heterocycles. The van der Waals surface area contributed by atoms with Crippen LogP contribution in [-0.4, -0.2) is 35.5 Å². The predicted molar refractivity (Wildman–Crippen MR) is 162 cm³/mol. The molecule has 0 unspecified atom stereocenters. The van der Waals surface area contributed by atoms with Crippen molar-refractivity contribution in [3.63, 3.8) is 0 Å². The first-order chi connectivity index (χ1) is 18.7. The molecule has 5 rings (SSSR count). The third-order valence-electron chi connectivity index (χ3n) is 7.79. The van der Waals surface area contributed by atoms with E-state index in [0.717, 1.165) is 36.3 Å². The van der Waals surface area contributed by atoms with Crippen LogP contribution >= 0.6 is 24.8 Å². The molecule has 2 heterocycles. The van der Waals surface area contributed by atoms with Gasteiger partial charge in [0.25, 0.3) is 0 Å². The number of ether oxygens (including phenoxy) is 1. The fourth-order valence-electron chi connectivity index (χ4n) is 5.54. The molecule has 1 aromatic heterocycles. The summed E-state index contributed by atoms with van der Waals surface area (Å²) in [5.41, 5.74) is 1.50. The molecule has 4 aromatic rings. The van der Waals surface area contributed by atoms with Crippen molar-refractivity contribution in [2.45, 2.75) is 30.1 Å². The fraction of sp³-hybridized carbons (Fsp3) is 0.242. The molecular formula is C33H33Cl2N3O2. The normalized spacial score (nSPS) is 14.6. The van der Waals surface area contributed by atoms with E-state index in [1.807, 2.05) is 97.1 Å². The maximum absolute atomic E-state index is 13.6. The third kappa shape index (κ3) is 6.37. The molecule has 0 bridgehead atoms. The molecule has 0 atom stereocenters. The fourth-order valence-corrected chi connectivity index (χ4v) is 5.54. The van der Waals surface area contributed by atoms with E-state index in [-0.39, 0.29) is 30.8 Å². The Hall–Kier alpha value is -3.69. The van der Waals surface area contributed by atoms with Crippen LogP contribution in [0.3, 0.4) is 0 Å². The first kappa shape index (κ1) is 30.8. The summed E-state index contributed by atoms with van der Waals surface area (Å²) in [4.78, 5) is 20.2. The Morgan fingerprint density at radius 3 is 1.85 bits per heavy atom. The maximum atomic E-state index is 13.6. The second-order valence-corrected chi connectivity index (χ2v) is 9.85. The minimum atomic E-state index is -0.742. The lowest BCUT2D eigenvalue weighted by Crippen LogP contribution is -2.49. The van der Waals surface area contributed by atoms with Crippen LogP contribution in [0, 0.1) is 11.3 Å². The van der Waals surface area contributed by atoms with Crippen molar-refractivity contribution >= 4 is 30.8 Å². The molecule has 0 radical (unpaired) electrons. The number of nitrogens with zero attached hydrogens (tertiary/aromatic N) is 3. The van der Waals surface area contributed by atoms with E-state index in [1.54, 1.807) is 18.3 Å². The van der Waals surface area contributed by atoms with E-state index in [9.17, 15) is 10.1 Å². The van der Waals surface area contributed by atoms with Gasteiger partial charge in [0.15, 0.2) is 0 Å². The molecule has 0 amide bonds. The van der Waals surface area contributed by atoms with Gasteiger partial charge in [-0.2, -0.15) is 5.26 Å². The highest BCUT2D eigenvalue weighted by Gasteiger charge is 2.45. The van der Waals surface area contributed by atoms with Crippen molar-refractivity contribution in [2.75, 3.05) is 19.6 Å². The minimum Gasteiger partial charge on any atom is -0.407 e. The largest absolute Gasteiger partial charge is 0.407 e. The topological polar surface area (TPSA) is 66.2 Å². The molecule has 0 aliphatic carbocycles. The minimum absolute atomic E-state index is 0. The van der Waals surface area contributed by atoms with Gasteiger partial charge in [-0.3, -0.25) is 4.79 Å². The molecule has 0 saturated carbocycles. The molecular weight excluding hydrogens is 541 g/mol. The Bertz CT molecular complexity index is 1330. The number of rotatable bonds is 8. The van der Waals surface area contributed by atoms with E-state index in [0.29, 0.717) is 25.1 Å². The van der Waals surface area contributed by atoms with Crippen LogP contribution in [0.5, 0.6) is 5.88 Å². The number of likely N-dealkylation sites (tertiary alicyclic amines) is 1. The van der Waals surface area contributed by atoms with E-state index in [4.69, 9.17) is 4.74 Å². The van der Waals surface area contributed by atoms with Crippen LogP contribution in [-0.2, 0) is 15.6 Å². The zero-order chi connectivity index (χ0) is 26.3. The van der Waals surface area contributed by atoms with Gasteiger partial charge in [-0.05, 0) is 55.1 Å². The molecule has 206 valence electrons. The van der Waals surface area contributed by atoms with Crippen LogP contribution in [0.25, 0.3) is 0 Å². The standard InChI is InChI=1S/C33H31N3O2.2ClH/c34-26-33(28-14-6-2-7-15-28,29-16-8-3-9-17-29)21-25-36-23-19-32(20-24-36,27-12-4-1-5-13-27)31(37)38-30-18-10-11-22-35-30;;/h1-18,22H,19-21,23-25H2;2*1H. The van der Waals surface area contributed by atoms with Gasteiger partial charge in [0.2, 0.25) is 5.88 Å². The number of hydrogen-bond donors (Lipinski definition) is 0. The van der Waals surface area contributed by atoms with Gasteiger partial charge in [0.05, 0.1) is 11.5 Å². The summed E-state index contributed by atoms with van der Waals surface area (Å²) >= 11 is 0. The van der Waals surface area contributed by atoms with Crippen LogP contribution in [0.15, 0.2) is 115 Å². The summed E-state index contributed by atoms with van der Waals surface area (Å²) in [6.07, 6.45) is 3.56. The molecule has 3 aromatic carbocycles. The summed E-state index contributed by atoms with van der Waals surface area (Å²) in [5.74, 6) is 0.0572.